The van der Waals surface area contributed by atoms with Gasteiger partial charge >= 0.3 is 0 Å². The van der Waals surface area contributed by atoms with Gasteiger partial charge in [-0.05, 0) is 71.8 Å². The summed E-state index contributed by atoms with van der Waals surface area (Å²) in [5, 5.41) is 0. The second kappa shape index (κ2) is 11.6. The Hall–Kier alpha value is -5.74. The number of aryl methyl sites for hydroxylation is 2. The lowest BCUT2D eigenvalue weighted by atomic mass is 9.75. The van der Waals surface area contributed by atoms with Crippen LogP contribution in [0, 0.1) is 13.8 Å². The monoisotopic (exact) mass is 592 g/mol. The fourth-order valence-electron chi connectivity index (χ4n) is 6.70. The van der Waals surface area contributed by atoms with Crippen molar-refractivity contribution in [2.24, 2.45) is 0 Å². The van der Waals surface area contributed by atoms with E-state index in [0.717, 1.165) is 45.6 Å². The van der Waals surface area contributed by atoms with Gasteiger partial charge < -0.3 is 0 Å². The second-order valence-electron chi connectivity index (χ2n) is 12.0. The summed E-state index contributed by atoms with van der Waals surface area (Å²) in [5.74, 6) is 2.13. The summed E-state index contributed by atoms with van der Waals surface area (Å²) < 4.78 is 0. The molecule has 0 saturated heterocycles. The molecule has 8 rings (SSSR count). The number of rotatable bonds is 5. The predicted molar refractivity (Wildman–Crippen MR) is 186 cm³/mol. The summed E-state index contributed by atoms with van der Waals surface area (Å²) in [6, 6.07) is 49.0. The SMILES string of the molecule is Cc1ccc(-c2cc(-c3nc(-c4ccccc4)nc(-c4ccccc4)n3)cc(C3Cc4ccccc4-c4ccccc43)c2)c(C)n1. The van der Waals surface area contributed by atoms with Crippen molar-refractivity contribution in [3.05, 3.63) is 168 Å². The zero-order valence-electron chi connectivity index (χ0n) is 25.9. The van der Waals surface area contributed by atoms with Crippen LogP contribution in [-0.2, 0) is 6.42 Å². The van der Waals surface area contributed by atoms with E-state index in [1.807, 2.05) is 67.6 Å². The van der Waals surface area contributed by atoms with E-state index >= 15 is 0 Å². The first-order valence-corrected chi connectivity index (χ1v) is 15.7. The molecule has 0 amide bonds. The first-order valence-electron chi connectivity index (χ1n) is 15.7. The van der Waals surface area contributed by atoms with Gasteiger partial charge in [0.2, 0.25) is 0 Å². The average Bonchev–Trinajstić information content (AvgIpc) is 3.11. The molecule has 46 heavy (non-hydrogen) atoms. The van der Waals surface area contributed by atoms with Gasteiger partial charge in [-0.3, -0.25) is 4.98 Å². The smallest absolute Gasteiger partial charge is 0.164 e. The Balaban J connectivity index is 1.36. The van der Waals surface area contributed by atoms with E-state index in [0.29, 0.717) is 17.5 Å². The van der Waals surface area contributed by atoms with Crippen LogP contribution in [0.15, 0.2) is 140 Å². The largest absolute Gasteiger partial charge is 0.258 e. The Morgan fingerprint density at radius 2 is 1.02 bits per heavy atom. The maximum absolute atomic E-state index is 5.10. The Morgan fingerprint density at radius 3 is 1.70 bits per heavy atom. The number of fused-ring (bicyclic) bond motifs is 3. The summed E-state index contributed by atoms with van der Waals surface area (Å²) in [6.07, 6.45) is 0.920. The van der Waals surface area contributed by atoms with Crippen molar-refractivity contribution in [1.82, 2.24) is 19.9 Å². The number of hydrogen-bond donors (Lipinski definition) is 0. The van der Waals surface area contributed by atoms with E-state index in [-0.39, 0.29) is 5.92 Å². The van der Waals surface area contributed by atoms with Crippen LogP contribution in [0.5, 0.6) is 0 Å². The van der Waals surface area contributed by atoms with Crippen LogP contribution in [-0.4, -0.2) is 19.9 Å². The molecule has 5 aromatic carbocycles. The normalized spacial score (nSPS) is 13.6. The van der Waals surface area contributed by atoms with Gasteiger partial charge in [-0.2, -0.15) is 0 Å². The van der Waals surface area contributed by atoms with Gasteiger partial charge in [0.25, 0.3) is 0 Å². The van der Waals surface area contributed by atoms with Gasteiger partial charge in [0, 0.05) is 39.6 Å². The van der Waals surface area contributed by atoms with Gasteiger partial charge in [-0.25, -0.2) is 15.0 Å². The number of benzene rings is 5. The Kier molecular flexibility index (Phi) is 7.03. The van der Waals surface area contributed by atoms with Crippen LogP contribution < -0.4 is 0 Å². The molecule has 0 spiro atoms. The van der Waals surface area contributed by atoms with Crippen molar-refractivity contribution in [3.63, 3.8) is 0 Å². The maximum Gasteiger partial charge on any atom is 0.164 e. The highest BCUT2D eigenvalue weighted by atomic mass is 15.0. The van der Waals surface area contributed by atoms with E-state index in [2.05, 4.69) is 85.8 Å². The number of hydrogen-bond acceptors (Lipinski definition) is 4. The molecule has 0 fully saturated rings. The zero-order chi connectivity index (χ0) is 31.0. The van der Waals surface area contributed by atoms with Gasteiger partial charge in [-0.1, -0.05) is 121 Å². The highest BCUT2D eigenvalue weighted by molar-refractivity contribution is 5.78. The molecule has 0 radical (unpaired) electrons. The fourth-order valence-corrected chi connectivity index (χ4v) is 6.70. The Labute approximate surface area is 269 Å². The molecule has 2 heterocycles. The molecule has 1 aliphatic carbocycles. The van der Waals surface area contributed by atoms with E-state index in [1.54, 1.807) is 0 Å². The molecule has 7 aromatic rings. The van der Waals surface area contributed by atoms with E-state index in [4.69, 9.17) is 19.9 Å². The summed E-state index contributed by atoms with van der Waals surface area (Å²) >= 11 is 0. The summed E-state index contributed by atoms with van der Waals surface area (Å²) in [6.45, 7) is 4.13. The zero-order valence-corrected chi connectivity index (χ0v) is 25.9. The number of aromatic nitrogens is 4. The molecule has 1 unspecified atom stereocenters. The van der Waals surface area contributed by atoms with Crippen molar-refractivity contribution >= 4 is 0 Å². The quantitative estimate of drug-likeness (QED) is 0.200. The van der Waals surface area contributed by atoms with Crippen LogP contribution in [0.2, 0.25) is 0 Å². The Bertz CT molecular complexity index is 2150. The topological polar surface area (TPSA) is 51.6 Å². The van der Waals surface area contributed by atoms with E-state index in [1.165, 1.54) is 27.8 Å². The summed E-state index contributed by atoms with van der Waals surface area (Å²) in [5.41, 5.74) is 13.7. The standard InChI is InChI=1S/C42H32N4/c1-27-21-22-35(28(2)43-27)32-23-33(39-26-31-17-9-10-18-36(31)37-19-11-12-20-38(37)39)25-34(24-32)42-45-40(29-13-5-3-6-14-29)44-41(46-42)30-15-7-4-8-16-30/h3-25,39H,26H2,1-2H3. The molecular weight excluding hydrogens is 560 g/mol. The Morgan fingerprint density at radius 1 is 0.457 bits per heavy atom. The van der Waals surface area contributed by atoms with Gasteiger partial charge in [0.1, 0.15) is 0 Å². The molecule has 0 aliphatic heterocycles. The highest BCUT2D eigenvalue weighted by Crippen LogP contribution is 2.44. The van der Waals surface area contributed by atoms with Crippen molar-refractivity contribution in [1.29, 1.82) is 0 Å². The van der Waals surface area contributed by atoms with Gasteiger partial charge in [0.05, 0.1) is 0 Å². The molecule has 1 aliphatic rings. The van der Waals surface area contributed by atoms with E-state index in [9.17, 15) is 0 Å². The van der Waals surface area contributed by atoms with Crippen molar-refractivity contribution in [2.75, 3.05) is 0 Å². The van der Waals surface area contributed by atoms with Gasteiger partial charge in [0.15, 0.2) is 17.5 Å². The van der Waals surface area contributed by atoms with Crippen LogP contribution in [0.3, 0.4) is 0 Å². The first-order chi connectivity index (χ1) is 22.6. The molecule has 0 bridgehead atoms. The lowest BCUT2D eigenvalue weighted by Crippen LogP contribution is -2.13. The fraction of sp³-hybridized carbons (Fsp3) is 0.0952. The molecule has 4 heteroatoms. The minimum absolute atomic E-state index is 0.174. The number of pyridine rings is 1. The molecule has 220 valence electrons. The lowest BCUT2D eigenvalue weighted by Gasteiger charge is -2.29. The third-order valence-corrected chi connectivity index (χ3v) is 8.92. The lowest BCUT2D eigenvalue weighted by molar-refractivity contribution is 0.794. The van der Waals surface area contributed by atoms with Gasteiger partial charge in [-0.15, -0.1) is 0 Å². The third-order valence-electron chi connectivity index (χ3n) is 8.92. The van der Waals surface area contributed by atoms with Crippen LogP contribution in [0.25, 0.3) is 56.4 Å². The van der Waals surface area contributed by atoms with Crippen LogP contribution in [0.1, 0.15) is 34.0 Å². The number of nitrogens with zero attached hydrogens (tertiary/aromatic N) is 4. The molecule has 0 N–H and O–H groups in total. The molecule has 4 nitrogen and oxygen atoms in total. The summed E-state index contributed by atoms with van der Waals surface area (Å²) in [4.78, 5) is 20.0. The molecule has 2 aromatic heterocycles. The molecular formula is C42H32N4. The van der Waals surface area contributed by atoms with E-state index < -0.39 is 0 Å². The second-order valence-corrected chi connectivity index (χ2v) is 12.0. The van der Waals surface area contributed by atoms with Crippen molar-refractivity contribution in [2.45, 2.75) is 26.2 Å². The minimum Gasteiger partial charge on any atom is -0.258 e. The maximum atomic E-state index is 5.10. The highest BCUT2D eigenvalue weighted by Gasteiger charge is 2.27. The predicted octanol–water partition coefficient (Wildman–Crippen LogP) is 9.91. The van der Waals surface area contributed by atoms with Crippen LogP contribution >= 0.6 is 0 Å². The van der Waals surface area contributed by atoms with Crippen molar-refractivity contribution in [3.8, 4) is 56.4 Å². The first kappa shape index (κ1) is 27.8. The average molecular weight is 593 g/mol. The molecule has 1 atom stereocenters. The summed E-state index contributed by atoms with van der Waals surface area (Å²) in [7, 11) is 0. The van der Waals surface area contributed by atoms with Crippen molar-refractivity contribution < 1.29 is 0 Å². The molecule has 0 saturated carbocycles. The minimum atomic E-state index is 0.174. The van der Waals surface area contributed by atoms with Crippen LogP contribution in [0.4, 0.5) is 0 Å². The third kappa shape index (κ3) is 5.18.